The Morgan fingerprint density at radius 3 is 2.43 bits per heavy atom. The topological polar surface area (TPSA) is 139 Å². The van der Waals surface area contributed by atoms with Crippen LogP contribution in [0.3, 0.4) is 0 Å². The molecule has 0 saturated carbocycles. The zero-order valence-electron chi connectivity index (χ0n) is 23.5. The molecule has 0 aliphatic carbocycles. The number of thioether (sulfide) groups is 1. The molecule has 2 saturated heterocycles. The number of nitrogens with one attached hydrogen (secondary N) is 2. The Morgan fingerprint density at radius 1 is 1.14 bits per heavy atom. The number of anilines is 1. The van der Waals surface area contributed by atoms with Crippen molar-refractivity contribution in [2.45, 2.75) is 17.5 Å². The lowest BCUT2D eigenvalue weighted by Crippen LogP contribution is -2.73. The van der Waals surface area contributed by atoms with Crippen molar-refractivity contribution in [2.75, 3.05) is 24.2 Å². The third kappa shape index (κ3) is 6.29. The lowest BCUT2D eigenvalue weighted by atomic mass is 9.87. The fraction of sp³-hybridized carbons (Fsp3) is 0.226. The van der Waals surface area contributed by atoms with Crippen molar-refractivity contribution in [3.8, 4) is 0 Å². The molecular formula is C31H29N5O6S2. The number of hydrogen-bond donors (Lipinski definition) is 2. The van der Waals surface area contributed by atoms with Crippen LogP contribution in [-0.4, -0.2) is 70.1 Å². The molecule has 13 heteroatoms. The van der Waals surface area contributed by atoms with Gasteiger partial charge in [0.1, 0.15) is 29.1 Å². The van der Waals surface area contributed by atoms with Gasteiger partial charge in [-0.25, -0.2) is 4.98 Å². The third-order valence-corrected chi connectivity index (χ3v) is 9.43. The maximum atomic E-state index is 13.8. The molecule has 2 aliphatic rings. The predicted octanol–water partition coefficient (Wildman–Crippen LogP) is 3.52. The number of aromatic nitrogens is 1. The fourth-order valence-corrected chi connectivity index (χ4v) is 6.99. The Bertz CT molecular complexity index is 1540. The second-order valence-corrected chi connectivity index (χ2v) is 11.9. The maximum absolute atomic E-state index is 13.8. The Hall–Kier alpha value is -4.75. The molecule has 0 spiro atoms. The minimum Gasteiger partial charge on any atom is -0.452 e. The molecule has 3 atom stereocenters. The minimum atomic E-state index is -1.15. The molecule has 3 aromatic rings. The zero-order chi connectivity index (χ0) is 31.1. The van der Waals surface area contributed by atoms with Crippen molar-refractivity contribution in [1.29, 1.82) is 0 Å². The molecule has 2 aromatic carbocycles. The molecule has 11 nitrogen and oxygen atoms in total. The van der Waals surface area contributed by atoms with Gasteiger partial charge in [0.15, 0.2) is 16.9 Å². The summed E-state index contributed by atoms with van der Waals surface area (Å²) in [7, 11) is 0. The first-order valence-electron chi connectivity index (χ1n) is 13.5. The normalized spacial score (nSPS) is 21.0. The summed E-state index contributed by atoms with van der Waals surface area (Å²) in [4.78, 5) is 62.0. The number of carbonyl (C=O) groups excluding carboxylic acids is 4. The molecule has 0 radical (unpaired) electrons. The molecule has 0 bridgehead atoms. The lowest BCUT2D eigenvalue weighted by Gasteiger charge is -2.53. The van der Waals surface area contributed by atoms with Gasteiger partial charge in [-0.2, -0.15) is 0 Å². The first kappa shape index (κ1) is 30.7. The van der Waals surface area contributed by atoms with Crippen molar-refractivity contribution < 1.29 is 28.8 Å². The molecule has 1 aromatic heterocycles. The van der Waals surface area contributed by atoms with Crippen LogP contribution in [0.15, 0.2) is 96.5 Å². The van der Waals surface area contributed by atoms with E-state index in [-0.39, 0.29) is 35.6 Å². The monoisotopic (exact) mass is 631 g/mol. The van der Waals surface area contributed by atoms with Gasteiger partial charge in [0, 0.05) is 17.7 Å². The quantitative estimate of drug-likeness (QED) is 0.0556. The summed E-state index contributed by atoms with van der Waals surface area (Å²) < 4.78 is 6.14. The smallest absolute Gasteiger partial charge is 0.319 e. The number of benzene rings is 2. The van der Waals surface area contributed by atoms with E-state index in [1.807, 2.05) is 60.7 Å². The highest BCUT2D eigenvalue weighted by Crippen LogP contribution is 2.44. The number of hydrogen-bond acceptors (Lipinski definition) is 10. The van der Waals surface area contributed by atoms with Crippen LogP contribution in [0.2, 0.25) is 0 Å². The second kappa shape index (κ2) is 13.7. The summed E-state index contributed by atoms with van der Waals surface area (Å²) in [6.07, 6.45) is 2.83. The number of thiazole rings is 1. The van der Waals surface area contributed by atoms with Crippen LogP contribution in [-0.2, 0) is 28.8 Å². The first-order valence-corrected chi connectivity index (χ1v) is 15.5. The van der Waals surface area contributed by atoms with Crippen LogP contribution in [0.1, 0.15) is 22.9 Å². The SMILES string of the molecule is C=CCON=C(C(=O)NC1C(=O)N2CC(C=C)(C(=O)OC(c3ccccc3)c3ccccc3)CS[C@H]12)c1csc(NC=O)n1. The zero-order valence-corrected chi connectivity index (χ0v) is 25.1. The summed E-state index contributed by atoms with van der Waals surface area (Å²) in [6.45, 7) is 7.59. The van der Waals surface area contributed by atoms with E-state index in [2.05, 4.69) is 33.9 Å². The Labute approximate surface area is 262 Å². The Morgan fingerprint density at radius 2 is 1.82 bits per heavy atom. The Kier molecular flexibility index (Phi) is 9.56. The van der Waals surface area contributed by atoms with E-state index in [0.29, 0.717) is 12.2 Å². The van der Waals surface area contributed by atoms with E-state index in [4.69, 9.17) is 9.57 Å². The van der Waals surface area contributed by atoms with Gasteiger partial charge >= 0.3 is 5.97 Å². The summed E-state index contributed by atoms with van der Waals surface area (Å²) in [5.41, 5.74) is 0.492. The van der Waals surface area contributed by atoms with Gasteiger partial charge in [0.25, 0.3) is 5.91 Å². The van der Waals surface area contributed by atoms with Crippen molar-refractivity contribution in [3.05, 3.63) is 108 Å². The number of carbonyl (C=O) groups is 4. The largest absolute Gasteiger partial charge is 0.452 e. The summed E-state index contributed by atoms with van der Waals surface area (Å²) in [6, 6.07) is 18.0. The second-order valence-electron chi connectivity index (χ2n) is 9.91. The number of oxime groups is 1. The number of fused-ring (bicyclic) bond motifs is 1. The molecule has 2 unspecified atom stereocenters. The van der Waals surface area contributed by atoms with E-state index >= 15 is 0 Å². The molecule has 2 aliphatic heterocycles. The fourth-order valence-electron chi connectivity index (χ4n) is 4.80. The number of β-lactam (4-membered cyclic amide) rings is 1. The van der Waals surface area contributed by atoms with Crippen LogP contribution in [0.4, 0.5) is 5.13 Å². The highest BCUT2D eigenvalue weighted by Gasteiger charge is 2.57. The molecule has 3 amide bonds. The number of rotatable bonds is 13. The molecule has 3 heterocycles. The van der Waals surface area contributed by atoms with Crippen molar-refractivity contribution in [2.24, 2.45) is 10.6 Å². The number of esters is 1. The number of amides is 3. The van der Waals surface area contributed by atoms with Crippen LogP contribution in [0, 0.1) is 5.41 Å². The van der Waals surface area contributed by atoms with Gasteiger partial charge in [-0.1, -0.05) is 84.6 Å². The van der Waals surface area contributed by atoms with E-state index in [1.165, 1.54) is 23.2 Å². The molecule has 44 heavy (non-hydrogen) atoms. The summed E-state index contributed by atoms with van der Waals surface area (Å²) in [5.74, 6) is -1.23. The van der Waals surface area contributed by atoms with Crippen LogP contribution in [0.25, 0.3) is 0 Å². The van der Waals surface area contributed by atoms with Gasteiger partial charge in [-0.05, 0) is 11.1 Å². The number of nitrogens with zero attached hydrogens (tertiary/aromatic N) is 3. The van der Waals surface area contributed by atoms with Crippen LogP contribution >= 0.6 is 23.1 Å². The molecule has 226 valence electrons. The summed E-state index contributed by atoms with van der Waals surface area (Å²) in [5, 5.41) is 10.4. The lowest BCUT2D eigenvalue weighted by molar-refractivity contribution is -0.162. The standard InChI is InChI=1S/C31H29N5O6S2/c1-3-15-41-35-23(22-16-43-30(33-22)32-19-37)26(38)34-24-27(39)36-17-31(4-2,18-44-28(24)36)29(40)42-25(20-11-7-5-8-12-20)21-13-9-6-10-14-21/h3-14,16,19,24-25,28H,1-2,15,17-18H2,(H,34,38)(H,32,33,37)/t24?,28-,31?/m1/s1. The number of ether oxygens (including phenoxy) is 1. The van der Waals surface area contributed by atoms with Crippen LogP contribution < -0.4 is 10.6 Å². The third-order valence-electron chi connectivity index (χ3n) is 7.11. The van der Waals surface area contributed by atoms with Gasteiger partial charge in [0.2, 0.25) is 12.3 Å². The first-order chi connectivity index (χ1) is 21.4. The summed E-state index contributed by atoms with van der Waals surface area (Å²) >= 11 is 2.46. The van der Waals surface area contributed by atoms with Crippen LogP contribution in [0.5, 0.6) is 0 Å². The molecular weight excluding hydrogens is 603 g/mol. The van der Waals surface area contributed by atoms with Crippen molar-refractivity contribution in [3.63, 3.8) is 0 Å². The van der Waals surface area contributed by atoms with E-state index in [0.717, 1.165) is 22.5 Å². The van der Waals surface area contributed by atoms with Crippen molar-refractivity contribution >= 4 is 58.1 Å². The molecule has 5 rings (SSSR count). The van der Waals surface area contributed by atoms with E-state index < -0.39 is 34.8 Å². The van der Waals surface area contributed by atoms with Gasteiger partial charge < -0.3 is 25.1 Å². The Balaban J connectivity index is 1.29. The van der Waals surface area contributed by atoms with E-state index in [1.54, 1.807) is 11.0 Å². The predicted molar refractivity (Wildman–Crippen MR) is 168 cm³/mol. The van der Waals surface area contributed by atoms with Gasteiger partial charge in [0.05, 0.1) is 0 Å². The maximum Gasteiger partial charge on any atom is 0.319 e. The molecule has 2 fully saturated rings. The van der Waals surface area contributed by atoms with E-state index in [9.17, 15) is 19.2 Å². The minimum absolute atomic E-state index is 0.0457. The van der Waals surface area contributed by atoms with Crippen molar-refractivity contribution in [1.82, 2.24) is 15.2 Å². The average molecular weight is 632 g/mol. The highest BCUT2D eigenvalue weighted by molar-refractivity contribution is 8.00. The molecule has 2 N–H and O–H groups in total. The highest BCUT2D eigenvalue weighted by atomic mass is 32.2. The van der Waals surface area contributed by atoms with Gasteiger partial charge in [-0.3, -0.25) is 19.2 Å². The van der Waals surface area contributed by atoms with Gasteiger partial charge in [-0.15, -0.1) is 29.7 Å². The average Bonchev–Trinajstić information content (AvgIpc) is 3.52.